The van der Waals surface area contributed by atoms with Gasteiger partial charge in [0, 0.05) is 22.0 Å². The van der Waals surface area contributed by atoms with E-state index in [0.29, 0.717) is 12.2 Å². The minimum absolute atomic E-state index is 0.0387. The highest BCUT2D eigenvalue weighted by atomic mass is 127. The second-order valence-corrected chi connectivity index (χ2v) is 5.17. The third-order valence-corrected chi connectivity index (χ3v) is 3.50. The molecule has 1 heterocycles. The van der Waals surface area contributed by atoms with Gasteiger partial charge in [-0.25, -0.2) is 4.39 Å². The molecule has 0 spiro atoms. The van der Waals surface area contributed by atoms with E-state index in [1.165, 1.54) is 12.1 Å². The Bertz CT molecular complexity index is 648. The lowest BCUT2D eigenvalue weighted by Gasteiger charge is -2.09. The van der Waals surface area contributed by atoms with Gasteiger partial charge in [-0.05, 0) is 58.5 Å². The Morgan fingerprint density at radius 2 is 2.20 bits per heavy atom. The Balaban J connectivity index is 2.11. The summed E-state index contributed by atoms with van der Waals surface area (Å²) in [4.78, 5) is 4.00. The van der Waals surface area contributed by atoms with Crippen LogP contribution in [0.25, 0.3) is 0 Å². The first-order valence-corrected chi connectivity index (χ1v) is 6.80. The van der Waals surface area contributed by atoms with Crippen molar-refractivity contribution in [2.24, 2.45) is 10.9 Å². The fourth-order valence-electron chi connectivity index (χ4n) is 1.61. The van der Waals surface area contributed by atoms with Crippen molar-refractivity contribution in [1.82, 2.24) is 4.98 Å². The van der Waals surface area contributed by atoms with Crippen molar-refractivity contribution >= 4 is 34.1 Å². The molecule has 0 saturated heterocycles. The zero-order valence-corrected chi connectivity index (χ0v) is 12.5. The van der Waals surface area contributed by atoms with Crippen molar-refractivity contribution < 1.29 is 9.60 Å². The van der Waals surface area contributed by atoms with Crippen molar-refractivity contribution in [2.75, 3.05) is 5.32 Å². The Morgan fingerprint density at radius 3 is 2.90 bits per heavy atom. The van der Waals surface area contributed by atoms with Crippen LogP contribution in [0.3, 0.4) is 0 Å². The number of hydrogen-bond acceptors (Lipinski definition) is 4. The molecule has 0 unspecified atom stereocenters. The van der Waals surface area contributed by atoms with E-state index in [-0.39, 0.29) is 11.7 Å². The molecule has 1 aromatic heterocycles. The van der Waals surface area contributed by atoms with Gasteiger partial charge in [-0.3, -0.25) is 4.98 Å². The number of oxime groups is 1. The van der Waals surface area contributed by atoms with Crippen molar-refractivity contribution in [2.45, 2.75) is 6.54 Å². The normalized spacial score (nSPS) is 11.4. The molecule has 0 radical (unpaired) electrons. The molecule has 0 fully saturated rings. The molecule has 4 N–H and O–H groups in total. The largest absolute Gasteiger partial charge is 0.409 e. The lowest BCUT2D eigenvalue weighted by atomic mass is 10.2. The van der Waals surface area contributed by atoms with Gasteiger partial charge >= 0.3 is 0 Å². The van der Waals surface area contributed by atoms with Gasteiger partial charge in [0.25, 0.3) is 0 Å². The number of nitrogens with two attached hydrogens (primary N) is 1. The lowest BCUT2D eigenvalue weighted by molar-refractivity contribution is 0.318. The maximum absolute atomic E-state index is 13.0. The zero-order valence-electron chi connectivity index (χ0n) is 10.3. The first kappa shape index (κ1) is 14.5. The van der Waals surface area contributed by atoms with E-state index < -0.39 is 0 Å². The fourth-order valence-corrected chi connectivity index (χ4v) is 2.27. The van der Waals surface area contributed by atoms with E-state index in [9.17, 15) is 4.39 Å². The van der Waals surface area contributed by atoms with Crippen LogP contribution < -0.4 is 11.1 Å². The molecule has 5 nitrogen and oxygen atoms in total. The molecule has 20 heavy (non-hydrogen) atoms. The Hall–Kier alpha value is -1.90. The monoisotopic (exact) mass is 386 g/mol. The molecule has 1 aromatic carbocycles. The summed E-state index contributed by atoms with van der Waals surface area (Å²) in [5, 5.41) is 14.7. The molecule has 0 aliphatic carbocycles. The average Bonchev–Trinajstić information content (AvgIpc) is 2.46. The summed E-state index contributed by atoms with van der Waals surface area (Å²) in [5.74, 6) is -0.304. The summed E-state index contributed by atoms with van der Waals surface area (Å²) in [7, 11) is 0. The van der Waals surface area contributed by atoms with Crippen LogP contribution in [0.5, 0.6) is 0 Å². The fraction of sp³-hybridized carbons (Fsp3) is 0.0769. The van der Waals surface area contributed by atoms with Crippen LogP contribution in [0.15, 0.2) is 41.7 Å². The van der Waals surface area contributed by atoms with E-state index in [1.54, 1.807) is 18.3 Å². The van der Waals surface area contributed by atoms with Gasteiger partial charge in [0.05, 0.1) is 0 Å². The molecule has 2 aromatic rings. The van der Waals surface area contributed by atoms with E-state index in [0.717, 1.165) is 14.8 Å². The highest BCUT2D eigenvalue weighted by Crippen LogP contribution is 2.19. The summed E-state index contributed by atoms with van der Waals surface area (Å²) in [6, 6.07) is 8.08. The third kappa shape index (κ3) is 3.56. The number of nitrogens with zero attached hydrogens (tertiary/aromatic N) is 2. The number of pyridine rings is 1. The summed E-state index contributed by atoms with van der Waals surface area (Å²) < 4.78 is 13.8. The van der Waals surface area contributed by atoms with Crippen LogP contribution in [-0.4, -0.2) is 16.0 Å². The number of aromatic nitrogens is 1. The van der Waals surface area contributed by atoms with Crippen molar-refractivity contribution in [3.05, 3.63) is 57.2 Å². The Morgan fingerprint density at radius 1 is 1.40 bits per heavy atom. The van der Waals surface area contributed by atoms with Crippen LogP contribution in [0.1, 0.15) is 11.3 Å². The number of hydrogen-bond donors (Lipinski definition) is 3. The highest BCUT2D eigenvalue weighted by molar-refractivity contribution is 14.1. The van der Waals surface area contributed by atoms with E-state index in [4.69, 9.17) is 10.9 Å². The summed E-state index contributed by atoms with van der Waals surface area (Å²) in [6.45, 7) is 0.524. The molecular weight excluding hydrogens is 374 g/mol. The number of amidine groups is 1. The maximum Gasteiger partial charge on any atom is 0.188 e. The number of nitrogens with one attached hydrogen (secondary N) is 1. The van der Waals surface area contributed by atoms with Gasteiger partial charge in [0.15, 0.2) is 5.84 Å². The van der Waals surface area contributed by atoms with Gasteiger partial charge in [0.2, 0.25) is 0 Å². The van der Waals surface area contributed by atoms with E-state index >= 15 is 0 Å². The lowest BCUT2D eigenvalue weighted by Crippen LogP contribution is -2.15. The minimum atomic E-state index is -0.266. The molecule has 0 atom stereocenters. The summed E-state index contributed by atoms with van der Waals surface area (Å²) >= 11 is 2.07. The second-order valence-electron chi connectivity index (χ2n) is 4.01. The van der Waals surface area contributed by atoms with Crippen LogP contribution in [-0.2, 0) is 6.54 Å². The van der Waals surface area contributed by atoms with E-state index in [2.05, 4.69) is 38.0 Å². The number of halogens is 2. The first-order chi connectivity index (χ1) is 9.60. The second kappa shape index (κ2) is 6.51. The van der Waals surface area contributed by atoms with Gasteiger partial charge < -0.3 is 16.3 Å². The minimum Gasteiger partial charge on any atom is -0.409 e. The van der Waals surface area contributed by atoms with Gasteiger partial charge in [-0.2, -0.15) is 0 Å². The van der Waals surface area contributed by atoms with Gasteiger partial charge in [-0.15, -0.1) is 0 Å². The Labute approximate surface area is 128 Å². The predicted molar refractivity (Wildman–Crippen MR) is 83.2 cm³/mol. The molecule has 0 amide bonds. The van der Waals surface area contributed by atoms with E-state index in [1.807, 2.05) is 6.07 Å². The zero-order chi connectivity index (χ0) is 14.5. The molecule has 2 rings (SSSR count). The molecule has 0 aliphatic rings. The van der Waals surface area contributed by atoms with Crippen LogP contribution >= 0.6 is 22.6 Å². The van der Waals surface area contributed by atoms with Crippen molar-refractivity contribution in [3.63, 3.8) is 0 Å². The smallest absolute Gasteiger partial charge is 0.188 e. The van der Waals surface area contributed by atoms with Gasteiger partial charge in [-0.1, -0.05) is 5.16 Å². The van der Waals surface area contributed by atoms with Gasteiger partial charge in [0.1, 0.15) is 11.5 Å². The predicted octanol–water partition coefficient (Wildman–Crippen LogP) is 2.53. The first-order valence-electron chi connectivity index (χ1n) is 5.72. The topological polar surface area (TPSA) is 83.5 Å². The molecule has 7 heteroatoms. The summed E-state index contributed by atoms with van der Waals surface area (Å²) in [5.41, 5.74) is 7.65. The molecule has 0 aliphatic heterocycles. The maximum atomic E-state index is 13.0. The highest BCUT2D eigenvalue weighted by Gasteiger charge is 2.04. The molecule has 104 valence electrons. The third-order valence-electron chi connectivity index (χ3n) is 2.61. The molecule has 0 saturated carbocycles. The van der Waals surface area contributed by atoms with Crippen LogP contribution in [0, 0.1) is 9.39 Å². The molecule has 0 bridgehead atoms. The SMILES string of the molecule is NC(=NO)c1cc(CNc2ccc(F)cc2I)ccn1. The number of anilines is 1. The summed E-state index contributed by atoms with van der Waals surface area (Å²) in [6.07, 6.45) is 1.58. The number of benzene rings is 1. The van der Waals surface area contributed by atoms with Crippen molar-refractivity contribution in [1.29, 1.82) is 0 Å². The Kier molecular flexibility index (Phi) is 4.72. The standard InChI is InChI=1S/C13H12FIN4O/c14-9-1-2-11(10(15)6-9)18-7-8-3-4-17-12(5-8)13(16)19-20/h1-6,18,20H,7H2,(H2,16,19). The number of rotatable bonds is 4. The molecular formula is C13H12FIN4O. The quantitative estimate of drug-likeness (QED) is 0.248. The van der Waals surface area contributed by atoms with Crippen LogP contribution in [0.2, 0.25) is 0 Å². The van der Waals surface area contributed by atoms with Crippen molar-refractivity contribution in [3.8, 4) is 0 Å². The average molecular weight is 386 g/mol. The van der Waals surface area contributed by atoms with Crippen LogP contribution in [0.4, 0.5) is 10.1 Å².